The molecular formula is C10H15N3O3. The van der Waals surface area contributed by atoms with Crippen LogP contribution in [0.4, 0.5) is 0 Å². The number of nitrogens with one attached hydrogen (secondary N) is 1. The summed E-state index contributed by atoms with van der Waals surface area (Å²) in [6, 6.07) is 3.31. The number of hydrogen-bond acceptors (Lipinski definition) is 4. The molecule has 1 aromatic rings. The zero-order chi connectivity index (χ0) is 12.1. The molecule has 0 aliphatic rings. The molecule has 0 saturated heterocycles. The van der Waals surface area contributed by atoms with Crippen molar-refractivity contribution in [3.05, 3.63) is 23.7 Å². The van der Waals surface area contributed by atoms with Gasteiger partial charge in [-0.15, -0.1) is 0 Å². The van der Waals surface area contributed by atoms with Crippen LogP contribution < -0.4 is 11.1 Å². The van der Waals surface area contributed by atoms with E-state index in [9.17, 15) is 4.79 Å². The van der Waals surface area contributed by atoms with Crippen molar-refractivity contribution >= 4 is 11.7 Å². The van der Waals surface area contributed by atoms with Crippen LogP contribution in [0.15, 0.2) is 21.7 Å². The molecule has 0 bridgehead atoms. The van der Waals surface area contributed by atoms with Crippen LogP contribution in [0.25, 0.3) is 0 Å². The van der Waals surface area contributed by atoms with Gasteiger partial charge in [0.2, 0.25) is 0 Å². The number of amidine groups is 1. The average molecular weight is 225 g/mol. The number of hydrogen-bond donors (Lipinski definition) is 3. The van der Waals surface area contributed by atoms with Crippen LogP contribution in [-0.4, -0.2) is 23.5 Å². The van der Waals surface area contributed by atoms with E-state index in [1.54, 1.807) is 26.0 Å². The third-order valence-electron chi connectivity index (χ3n) is 2.15. The summed E-state index contributed by atoms with van der Waals surface area (Å²) in [7, 11) is 0. The monoisotopic (exact) mass is 225 g/mol. The fourth-order valence-electron chi connectivity index (χ4n) is 1.09. The number of aryl methyl sites for hydroxylation is 1. The van der Waals surface area contributed by atoms with Gasteiger partial charge in [-0.3, -0.25) is 4.79 Å². The Hall–Kier alpha value is -1.98. The first-order valence-electron chi connectivity index (χ1n) is 4.86. The second-order valence-electron chi connectivity index (χ2n) is 3.55. The Morgan fingerprint density at radius 1 is 1.69 bits per heavy atom. The number of furan rings is 1. The normalized spacial score (nSPS) is 13.5. The van der Waals surface area contributed by atoms with Gasteiger partial charge in [0.05, 0.1) is 0 Å². The number of nitrogens with two attached hydrogens (primary N) is 1. The number of carbonyl (C=O) groups excluding carboxylic acids is 1. The van der Waals surface area contributed by atoms with Crippen molar-refractivity contribution in [1.29, 1.82) is 0 Å². The molecule has 0 aliphatic carbocycles. The second kappa shape index (κ2) is 5.20. The van der Waals surface area contributed by atoms with Crippen LogP contribution in [-0.2, 0) is 0 Å². The van der Waals surface area contributed by atoms with E-state index in [1.807, 2.05) is 0 Å². The van der Waals surface area contributed by atoms with Gasteiger partial charge >= 0.3 is 0 Å². The van der Waals surface area contributed by atoms with Crippen LogP contribution >= 0.6 is 0 Å². The average Bonchev–Trinajstić information content (AvgIpc) is 2.71. The van der Waals surface area contributed by atoms with Gasteiger partial charge in [0, 0.05) is 12.5 Å². The van der Waals surface area contributed by atoms with Gasteiger partial charge in [0.15, 0.2) is 5.76 Å². The fraction of sp³-hybridized carbons (Fsp3) is 0.400. The van der Waals surface area contributed by atoms with E-state index < -0.39 is 0 Å². The molecule has 4 N–H and O–H groups in total. The van der Waals surface area contributed by atoms with Gasteiger partial charge in [0.1, 0.15) is 11.6 Å². The maximum absolute atomic E-state index is 11.5. The van der Waals surface area contributed by atoms with Crippen LogP contribution in [0.5, 0.6) is 0 Å². The largest absolute Gasteiger partial charge is 0.456 e. The molecule has 1 heterocycles. The Bertz CT molecular complexity index is 398. The Kier molecular flexibility index (Phi) is 3.93. The highest BCUT2D eigenvalue weighted by molar-refractivity contribution is 5.92. The summed E-state index contributed by atoms with van der Waals surface area (Å²) in [5.74, 6) is 0.463. The van der Waals surface area contributed by atoms with Crippen molar-refractivity contribution in [2.45, 2.75) is 13.8 Å². The van der Waals surface area contributed by atoms with Gasteiger partial charge in [-0.25, -0.2) is 0 Å². The van der Waals surface area contributed by atoms with Crippen molar-refractivity contribution in [3.63, 3.8) is 0 Å². The predicted octanol–water partition coefficient (Wildman–Crippen LogP) is 0.700. The summed E-state index contributed by atoms with van der Waals surface area (Å²) < 4.78 is 5.14. The van der Waals surface area contributed by atoms with E-state index in [-0.39, 0.29) is 30.0 Å². The third-order valence-corrected chi connectivity index (χ3v) is 2.15. The van der Waals surface area contributed by atoms with Gasteiger partial charge in [0.25, 0.3) is 5.91 Å². The quantitative estimate of drug-likeness (QED) is 0.304. The zero-order valence-electron chi connectivity index (χ0n) is 9.23. The molecule has 1 unspecified atom stereocenters. The highest BCUT2D eigenvalue weighted by Crippen LogP contribution is 2.05. The van der Waals surface area contributed by atoms with Crippen LogP contribution in [0, 0.1) is 12.8 Å². The molecular weight excluding hydrogens is 210 g/mol. The first kappa shape index (κ1) is 12.1. The zero-order valence-corrected chi connectivity index (χ0v) is 9.23. The topological polar surface area (TPSA) is 101 Å². The van der Waals surface area contributed by atoms with Crippen molar-refractivity contribution in [2.24, 2.45) is 16.8 Å². The number of amides is 1. The summed E-state index contributed by atoms with van der Waals surface area (Å²) >= 11 is 0. The SMILES string of the molecule is Cc1ccc(C(=O)NCC(C)C(N)=NO)o1. The number of oxime groups is 1. The second-order valence-corrected chi connectivity index (χ2v) is 3.55. The molecule has 1 amide bonds. The summed E-state index contributed by atoms with van der Waals surface area (Å²) in [5.41, 5.74) is 5.37. The van der Waals surface area contributed by atoms with E-state index in [0.717, 1.165) is 0 Å². The van der Waals surface area contributed by atoms with Crippen LogP contribution in [0.3, 0.4) is 0 Å². The van der Waals surface area contributed by atoms with E-state index in [0.29, 0.717) is 5.76 Å². The molecule has 1 rings (SSSR count). The van der Waals surface area contributed by atoms with Gasteiger partial charge in [-0.1, -0.05) is 12.1 Å². The Balaban J connectivity index is 2.47. The maximum Gasteiger partial charge on any atom is 0.287 e. The molecule has 6 nitrogen and oxygen atoms in total. The molecule has 0 aliphatic heterocycles. The molecule has 1 atom stereocenters. The van der Waals surface area contributed by atoms with E-state index >= 15 is 0 Å². The highest BCUT2D eigenvalue weighted by atomic mass is 16.4. The number of carbonyl (C=O) groups is 1. The standard InChI is InChI=1S/C10H15N3O3/c1-6(9(11)13-15)5-12-10(14)8-4-3-7(2)16-8/h3-4,6,15H,5H2,1-2H3,(H2,11,13)(H,12,14). The molecule has 16 heavy (non-hydrogen) atoms. The van der Waals surface area contributed by atoms with E-state index in [4.69, 9.17) is 15.4 Å². The molecule has 0 fully saturated rings. The first-order valence-corrected chi connectivity index (χ1v) is 4.86. The van der Waals surface area contributed by atoms with Crippen molar-refractivity contribution in [2.75, 3.05) is 6.54 Å². The summed E-state index contributed by atoms with van der Waals surface area (Å²) in [4.78, 5) is 11.5. The third kappa shape index (κ3) is 3.01. The Morgan fingerprint density at radius 2 is 2.38 bits per heavy atom. The molecule has 0 saturated carbocycles. The molecule has 0 spiro atoms. The Labute approximate surface area is 93.1 Å². The maximum atomic E-state index is 11.5. The van der Waals surface area contributed by atoms with Crippen molar-refractivity contribution in [3.8, 4) is 0 Å². The lowest BCUT2D eigenvalue weighted by atomic mass is 10.1. The van der Waals surface area contributed by atoms with E-state index in [2.05, 4.69) is 10.5 Å². The number of nitrogens with zero attached hydrogens (tertiary/aromatic N) is 1. The summed E-state index contributed by atoms with van der Waals surface area (Å²) in [5, 5.41) is 13.9. The summed E-state index contributed by atoms with van der Waals surface area (Å²) in [6.45, 7) is 3.78. The molecule has 88 valence electrons. The smallest absolute Gasteiger partial charge is 0.287 e. The first-order chi connectivity index (χ1) is 7.54. The van der Waals surface area contributed by atoms with Gasteiger partial charge < -0.3 is 20.7 Å². The lowest BCUT2D eigenvalue weighted by Gasteiger charge is -2.09. The lowest BCUT2D eigenvalue weighted by molar-refractivity contribution is 0.0922. The number of rotatable bonds is 4. The van der Waals surface area contributed by atoms with Gasteiger partial charge in [-0.05, 0) is 19.1 Å². The minimum Gasteiger partial charge on any atom is -0.456 e. The van der Waals surface area contributed by atoms with Gasteiger partial charge in [-0.2, -0.15) is 0 Å². The highest BCUT2D eigenvalue weighted by Gasteiger charge is 2.13. The minimum absolute atomic E-state index is 0.0796. The molecule has 6 heteroatoms. The van der Waals surface area contributed by atoms with Crippen molar-refractivity contribution in [1.82, 2.24) is 5.32 Å². The Morgan fingerprint density at radius 3 is 2.88 bits per heavy atom. The predicted molar refractivity (Wildman–Crippen MR) is 58.4 cm³/mol. The van der Waals surface area contributed by atoms with E-state index in [1.165, 1.54) is 0 Å². The lowest BCUT2D eigenvalue weighted by Crippen LogP contribution is -2.34. The summed E-state index contributed by atoms with van der Waals surface area (Å²) in [6.07, 6.45) is 0. The molecule has 0 radical (unpaired) electrons. The molecule has 1 aromatic heterocycles. The van der Waals surface area contributed by atoms with Crippen LogP contribution in [0.2, 0.25) is 0 Å². The fourth-order valence-corrected chi connectivity index (χ4v) is 1.09. The minimum atomic E-state index is -0.314. The van der Waals surface area contributed by atoms with Crippen LogP contribution in [0.1, 0.15) is 23.2 Å². The molecule has 0 aromatic carbocycles. The van der Waals surface area contributed by atoms with Crippen molar-refractivity contribution < 1.29 is 14.4 Å².